The maximum Gasteiger partial charge on any atom is 0.389 e. The van der Waals surface area contributed by atoms with Crippen LogP contribution in [-0.2, 0) is 10.0 Å². The second kappa shape index (κ2) is 6.94. The molecule has 0 aliphatic carbocycles. The Balaban J connectivity index is 2.57. The lowest BCUT2D eigenvalue weighted by Crippen LogP contribution is -2.20. The molecule has 0 atom stereocenters. The van der Waals surface area contributed by atoms with Crippen LogP contribution in [0.2, 0.25) is 0 Å². The zero-order chi connectivity index (χ0) is 15.2. The Morgan fingerprint density at radius 2 is 1.80 bits per heavy atom. The van der Waals surface area contributed by atoms with Crippen LogP contribution in [0.3, 0.4) is 0 Å². The second-order valence-corrected chi connectivity index (χ2v) is 6.06. The van der Waals surface area contributed by atoms with Crippen LogP contribution in [0.15, 0.2) is 29.2 Å². The molecule has 114 valence electrons. The Morgan fingerprint density at radius 3 is 2.40 bits per heavy atom. The Hall–Kier alpha value is -1.28. The second-order valence-electron chi connectivity index (χ2n) is 4.20. The zero-order valence-corrected chi connectivity index (χ0v) is 11.8. The number of alkyl halides is 3. The fourth-order valence-electron chi connectivity index (χ4n) is 1.63. The zero-order valence-electron chi connectivity index (χ0n) is 11.0. The maximum absolute atomic E-state index is 12.0. The van der Waals surface area contributed by atoms with Gasteiger partial charge >= 0.3 is 6.18 Å². The summed E-state index contributed by atoms with van der Waals surface area (Å²) in [6.07, 6.45) is -4.65. The summed E-state index contributed by atoms with van der Waals surface area (Å²) in [7, 11) is -2.29. The van der Waals surface area contributed by atoms with Crippen molar-refractivity contribution < 1.29 is 21.6 Å². The van der Waals surface area contributed by atoms with Crippen molar-refractivity contribution in [1.82, 2.24) is 4.72 Å². The van der Waals surface area contributed by atoms with Crippen molar-refractivity contribution in [3.05, 3.63) is 24.3 Å². The lowest BCUT2D eigenvalue weighted by Gasteiger charge is -2.12. The summed E-state index contributed by atoms with van der Waals surface area (Å²) in [6, 6.07) is 6.25. The van der Waals surface area contributed by atoms with Gasteiger partial charge in [-0.2, -0.15) is 13.2 Å². The molecule has 1 aromatic rings. The average molecular weight is 310 g/mol. The first kappa shape index (κ1) is 16.8. The standard InChI is InChI=1S/C12H17F3N2O2S/c1-16-20(18,19)11-7-3-2-6-10(11)17-9-5-4-8-12(13,14)15/h2-3,6-7,16-17H,4-5,8-9H2,1H3. The number of nitrogens with one attached hydrogen (secondary N) is 2. The van der Waals surface area contributed by atoms with Crippen LogP contribution in [0.4, 0.5) is 18.9 Å². The van der Waals surface area contributed by atoms with E-state index in [4.69, 9.17) is 0 Å². The van der Waals surface area contributed by atoms with Crippen molar-refractivity contribution in [3.8, 4) is 0 Å². The maximum atomic E-state index is 12.0. The van der Waals surface area contributed by atoms with E-state index in [1.165, 1.54) is 13.1 Å². The van der Waals surface area contributed by atoms with Gasteiger partial charge < -0.3 is 5.32 Å². The Labute approximate surface area is 116 Å². The number of sulfonamides is 1. The van der Waals surface area contributed by atoms with Crippen LogP contribution < -0.4 is 10.0 Å². The largest absolute Gasteiger partial charge is 0.389 e. The molecule has 0 bridgehead atoms. The quantitative estimate of drug-likeness (QED) is 0.761. The van der Waals surface area contributed by atoms with E-state index in [-0.39, 0.29) is 17.9 Å². The summed E-state index contributed by atoms with van der Waals surface area (Å²) in [5, 5.41) is 2.85. The highest BCUT2D eigenvalue weighted by Crippen LogP contribution is 2.23. The van der Waals surface area contributed by atoms with E-state index in [0.717, 1.165) is 0 Å². The van der Waals surface area contributed by atoms with E-state index in [0.29, 0.717) is 12.1 Å². The first-order valence-electron chi connectivity index (χ1n) is 6.09. The van der Waals surface area contributed by atoms with Crippen molar-refractivity contribution in [3.63, 3.8) is 0 Å². The summed E-state index contributed by atoms with van der Waals surface area (Å²) in [4.78, 5) is 0.0818. The van der Waals surface area contributed by atoms with E-state index in [2.05, 4.69) is 10.0 Å². The molecule has 0 saturated heterocycles. The molecule has 0 aliphatic rings. The molecule has 1 aromatic carbocycles. The molecule has 8 heteroatoms. The number of unbranched alkanes of at least 4 members (excludes halogenated alkanes) is 1. The van der Waals surface area contributed by atoms with Gasteiger partial charge in [0.25, 0.3) is 0 Å². The van der Waals surface area contributed by atoms with E-state index in [9.17, 15) is 21.6 Å². The fraction of sp³-hybridized carbons (Fsp3) is 0.500. The number of anilines is 1. The van der Waals surface area contributed by atoms with Gasteiger partial charge in [-0.1, -0.05) is 12.1 Å². The number of halogens is 3. The Bertz CT molecular complexity index is 530. The molecule has 0 aromatic heterocycles. The first-order chi connectivity index (χ1) is 9.26. The summed E-state index contributed by atoms with van der Waals surface area (Å²) in [5.74, 6) is 0. The van der Waals surface area contributed by atoms with Gasteiger partial charge in [0.15, 0.2) is 0 Å². The van der Waals surface area contributed by atoms with Gasteiger partial charge in [0.1, 0.15) is 4.90 Å². The molecular weight excluding hydrogens is 293 g/mol. The first-order valence-corrected chi connectivity index (χ1v) is 7.58. The van der Waals surface area contributed by atoms with Crippen molar-refractivity contribution in [1.29, 1.82) is 0 Å². The van der Waals surface area contributed by atoms with Crippen LogP contribution in [0.25, 0.3) is 0 Å². The van der Waals surface area contributed by atoms with E-state index < -0.39 is 22.6 Å². The van der Waals surface area contributed by atoms with Crippen LogP contribution in [0, 0.1) is 0 Å². The molecular formula is C12H17F3N2O2S. The highest BCUT2D eigenvalue weighted by Gasteiger charge is 2.25. The molecule has 1 rings (SSSR count). The molecule has 2 N–H and O–H groups in total. The minimum Gasteiger partial charge on any atom is -0.384 e. The van der Waals surface area contributed by atoms with E-state index in [1.54, 1.807) is 18.2 Å². The number of hydrogen-bond acceptors (Lipinski definition) is 3. The highest BCUT2D eigenvalue weighted by atomic mass is 32.2. The molecule has 0 heterocycles. The summed E-state index contributed by atoms with van der Waals surface area (Å²) in [6.45, 7) is 0.284. The van der Waals surface area contributed by atoms with Gasteiger partial charge in [-0.3, -0.25) is 0 Å². The summed E-state index contributed by atoms with van der Waals surface area (Å²) in [5.41, 5.74) is 0.383. The van der Waals surface area contributed by atoms with E-state index >= 15 is 0 Å². The molecule has 0 fully saturated rings. The normalized spacial score (nSPS) is 12.4. The molecule has 0 spiro atoms. The van der Waals surface area contributed by atoms with Crippen molar-refractivity contribution in [2.45, 2.75) is 30.3 Å². The molecule has 0 radical (unpaired) electrons. The van der Waals surface area contributed by atoms with Crippen LogP contribution >= 0.6 is 0 Å². The molecule has 4 nitrogen and oxygen atoms in total. The topological polar surface area (TPSA) is 58.2 Å². The third-order valence-electron chi connectivity index (χ3n) is 2.65. The molecule has 0 aliphatic heterocycles. The van der Waals surface area contributed by atoms with Crippen LogP contribution in [0.5, 0.6) is 0 Å². The molecule has 20 heavy (non-hydrogen) atoms. The van der Waals surface area contributed by atoms with Crippen LogP contribution in [0.1, 0.15) is 19.3 Å². The predicted octanol–water partition coefficient (Wildman–Crippen LogP) is 2.74. The lowest BCUT2D eigenvalue weighted by atomic mass is 10.2. The third kappa shape index (κ3) is 5.38. The predicted molar refractivity (Wildman–Crippen MR) is 71.1 cm³/mol. The van der Waals surface area contributed by atoms with Crippen molar-refractivity contribution in [2.75, 3.05) is 18.9 Å². The van der Waals surface area contributed by atoms with Gasteiger partial charge in [-0.15, -0.1) is 0 Å². The van der Waals surface area contributed by atoms with Gasteiger partial charge in [-0.05, 0) is 32.0 Å². The Kier molecular flexibility index (Phi) is 5.82. The average Bonchev–Trinajstić information content (AvgIpc) is 2.37. The molecule has 0 saturated carbocycles. The lowest BCUT2D eigenvalue weighted by molar-refractivity contribution is -0.135. The molecule has 0 amide bonds. The van der Waals surface area contributed by atoms with Gasteiger partial charge in [-0.25, -0.2) is 13.1 Å². The number of para-hydroxylation sites is 1. The van der Waals surface area contributed by atoms with E-state index in [1.807, 2.05) is 0 Å². The summed E-state index contributed by atoms with van der Waals surface area (Å²) < 4.78 is 61.6. The highest BCUT2D eigenvalue weighted by molar-refractivity contribution is 7.89. The minimum absolute atomic E-state index is 0.0114. The number of rotatable bonds is 7. The van der Waals surface area contributed by atoms with Crippen LogP contribution in [-0.4, -0.2) is 28.2 Å². The SMILES string of the molecule is CNS(=O)(=O)c1ccccc1NCCCCC(F)(F)F. The Morgan fingerprint density at radius 1 is 1.15 bits per heavy atom. The molecule has 0 unspecified atom stereocenters. The smallest absolute Gasteiger partial charge is 0.384 e. The number of benzene rings is 1. The van der Waals surface area contributed by atoms with Crippen molar-refractivity contribution >= 4 is 15.7 Å². The monoisotopic (exact) mass is 310 g/mol. The third-order valence-corrected chi connectivity index (χ3v) is 4.12. The minimum atomic E-state index is -4.15. The van der Waals surface area contributed by atoms with Gasteiger partial charge in [0, 0.05) is 13.0 Å². The fourth-order valence-corrected chi connectivity index (χ4v) is 2.54. The van der Waals surface area contributed by atoms with Gasteiger partial charge in [0.2, 0.25) is 10.0 Å². The number of hydrogen-bond donors (Lipinski definition) is 2. The van der Waals surface area contributed by atoms with Gasteiger partial charge in [0.05, 0.1) is 5.69 Å². The summed E-state index contributed by atoms with van der Waals surface area (Å²) >= 11 is 0. The van der Waals surface area contributed by atoms with Crippen molar-refractivity contribution in [2.24, 2.45) is 0 Å².